The molecule has 0 saturated heterocycles. The van der Waals surface area contributed by atoms with Crippen LogP contribution in [0.25, 0.3) is 0 Å². The summed E-state index contributed by atoms with van der Waals surface area (Å²) in [5, 5.41) is 9.94. The first-order valence-electron chi connectivity index (χ1n) is 8.38. The number of aromatic hydroxyl groups is 1. The van der Waals surface area contributed by atoms with Gasteiger partial charge in [-0.1, -0.05) is 23.7 Å². The molecule has 3 aromatic rings. The lowest BCUT2D eigenvalue weighted by atomic mass is 10.1. The zero-order valence-corrected chi connectivity index (χ0v) is 16.3. The number of halogens is 1. The predicted molar refractivity (Wildman–Crippen MR) is 110 cm³/mol. The van der Waals surface area contributed by atoms with Crippen LogP contribution >= 0.6 is 23.4 Å². The van der Waals surface area contributed by atoms with Gasteiger partial charge in [0.1, 0.15) is 5.75 Å². The van der Waals surface area contributed by atoms with E-state index >= 15 is 0 Å². The Balaban J connectivity index is 1.51. The Kier molecular flexibility index (Phi) is 6.57. The Morgan fingerprint density at radius 3 is 1.82 bits per heavy atom. The van der Waals surface area contributed by atoms with Crippen LogP contribution in [0.4, 0.5) is 0 Å². The molecule has 0 aliphatic rings. The van der Waals surface area contributed by atoms with Crippen molar-refractivity contribution in [3.05, 3.63) is 94.5 Å². The minimum absolute atomic E-state index is 0.0647. The molecule has 0 saturated carbocycles. The largest absolute Gasteiger partial charge is 0.508 e. The number of hydrogen-bond donors (Lipinski definition) is 3. The number of hydrogen-bond acceptors (Lipinski definition) is 4. The molecule has 0 aliphatic heterocycles. The van der Waals surface area contributed by atoms with E-state index in [2.05, 4.69) is 10.9 Å². The molecule has 3 N–H and O–H groups in total. The first-order valence-corrected chi connectivity index (χ1v) is 9.74. The van der Waals surface area contributed by atoms with Crippen LogP contribution in [0.15, 0.2) is 77.7 Å². The van der Waals surface area contributed by atoms with Gasteiger partial charge in [0.15, 0.2) is 0 Å². The predicted octanol–water partition coefficient (Wildman–Crippen LogP) is 4.41. The standard InChI is InChI=1S/C21H17ClN2O3S/c22-17-7-11-19(12-8-17)28-13-14-1-3-15(4-2-14)20(26)23-24-21(27)16-5-9-18(25)10-6-16/h1-12,25H,13H2,(H,23,26)(H,24,27). The van der Waals surface area contributed by atoms with Crippen molar-refractivity contribution in [2.75, 3.05) is 0 Å². The molecule has 3 rings (SSSR count). The highest BCUT2D eigenvalue weighted by molar-refractivity contribution is 7.98. The summed E-state index contributed by atoms with van der Waals surface area (Å²) < 4.78 is 0. The van der Waals surface area contributed by atoms with Crippen molar-refractivity contribution in [1.29, 1.82) is 0 Å². The van der Waals surface area contributed by atoms with E-state index in [0.717, 1.165) is 16.2 Å². The van der Waals surface area contributed by atoms with Gasteiger partial charge in [-0.15, -0.1) is 11.8 Å². The zero-order valence-electron chi connectivity index (χ0n) is 14.7. The van der Waals surface area contributed by atoms with E-state index in [4.69, 9.17) is 11.6 Å². The Morgan fingerprint density at radius 2 is 1.29 bits per heavy atom. The quantitative estimate of drug-likeness (QED) is 0.428. The van der Waals surface area contributed by atoms with Crippen molar-refractivity contribution in [3.63, 3.8) is 0 Å². The Hall–Kier alpha value is -2.96. The number of nitrogens with one attached hydrogen (secondary N) is 2. The van der Waals surface area contributed by atoms with Crippen LogP contribution < -0.4 is 10.9 Å². The van der Waals surface area contributed by atoms with Crippen LogP contribution in [0.5, 0.6) is 5.75 Å². The highest BCUT2D eigenvalue weighted by atomic mass is 35.5. The minimum atomic E-state index is -0.468. The Bertz CT molecular complexity index is 958. The van der Waals surface area contributed by atoms with E-state index < -0.39 is 11.8 Å². The van der Waals surface area contributed by atoms with Crippen molar-refractivity contribution in [2.45, 2.75) is 10.6 Å². The normalized spacial score (nSPS) is 10.3. The Labute approximate surface area is 171 Å². The van der Waals surface area contributed by atoms with Gasteiger partial charge < -0.3 is 5.11 Å². The third-order valence-electron chi connectivity index (χ3n) is 3.85. The summed E-state index contributed by atoms with van der Waals surface area (Å²) in [6, 6.07) is 20.5. The molecular formula is C21H17ClN2O3S. The molecule has 0 radical (unpaired) electrons. The molecule has 3 aromatic carbocycles. The second-order valence-corrected chi connectivity index (χ2v) is 7.38. The van der Waals surface area contributed by atoms with Gasteiger partial charge in [0.2, 0.25) is 0 Å². The lowest BCUT2D eigenvalue weighted by molar-refractivity contribution is 0.0846. The van der Waals surface area contributed by atoms with E-state index in [1.807, 2.05) is 36.4 Å². The number of thioether (sulfide) groups is 1. The molecule has 2 amide bonds. The SMILES string of the molecule is O=C(NNC(=O)c1ccc(CSc2ccc(Cl)cc2)cc1)c1ccc(O)cc1. The fourth-order valence-electron chi connectivity index (χ4n) is 2.32. The van der Waals surface area contributed by atoms with Crippen LogP contribution in [0.3, 0.4) is 0 Å². The first kappa shape index (κ1) is 19.8. The third-order valence-corrected chi connectivity index (χ3v) is 5.19. The lowest BCUT2D eigenvalue weighted by Crippen LogP contribution is -2.41. The molecule has 0 atom stereocenters. The fourth-order valence-corrected chi connectivity index (χ4v) is 3.30. The van der Waals surface area contributed by atoms with Crippen LogP contribution in [0.1, 0.15) is 26.3 Å². The topological polar surface area (TPSA) is 78.4 Å². The molecule has 28 heavy (non-hydrogen) atoms. The number of benzene rings is 3. The van der Waals surface area contributed by atoms with E-state index in [1.165, 1.54) is 24.3 Å². The van der Waals surface area contributed by atoms with Crippen LogP contribution in [0, 0.1) is 0 Å². The molecule has 0 aliphatic carbocycles. The molecular weight excluding hydrogens is 396 g/mol. The summed E-state index contributed by atoms with van der Waals surface area (Å²) in [6.07, 6.45) is 0. The van der Waals surface area contributed by atoms with Gasteiger partial charge in [-0.3, -0.25) is 20.4 Å². The summed E-state index contributed by atoms with van der Waals surface area (Å²) in [4.78, 5) is 25.3. The number of amides is 2. The van der Waals surface area contributed by atoms with E-state index in [-0.39, 0.29) is 5.75 Å². The molecule has 0 heterocycles. The average Bonchev–Trinajstić information content (AvgIpc) is 2.72. The van der Waals surface area contributed by atoms with Gasteiger partial charge in [0.25, 0.3) is 11.8 Å². The monoisotopic (exact) mass is 412 g/mol. The summed E-state index contributed by atoms with van der Waals surface area (Å²) in [6.45, 7) is 0. The van der Waals surface area contributed by atoms with Crippen LogP contribution in [-0.4, -0.2) is 16.9 Å². The van der Waals surface area contributed by atoms with Gasteiger partial charge in [-0.25, -0.2) is 0 Å². The molecule has 0 spiro atoms. The van der Waals surface area contributed by atoms with Crippen molar-refractivity contribution in [3.8, 4) is 5.75 Å². The number of rotatable bonds is 5. The summed E-state index contributed by atoms with van der Waals surface area (Å²) in [7, 11) is 0. The van der Waals surface area contributed by atoms with Crippen molar-refractivity contribution >= 4 is 35.2 Å². The average molecular weight is 413 g/mol. The molecule has 142 valence electrons. The van der Waals surface area contributed by atoms with Gasteiger partial charge in [0.05, 0.1) is 0 Å². The minimum Gasteiger partial charge on any atom is -0.508 e. The van der Waals surface area contributed by atoms with E-state index in [9.17, 15) is 14.7 Å². The highest BCUT2D eigenvalue weighted by Crippen LogP contribution is 2.24. The summed E-state index contributed by atoms with van der Waals surface area (Å²) >= 11 is 7.55. The number of carbonyl (C=O) groups excluding carboxylic acids is 2. The summed E-state index contributed by atoms with van der Waals surface area (Å²) in [5.41, 5.74) is 6.56. The van der Waals surface area contributed by atoms with Gasteiger partial charge >= 0.3 is 0 Å². The lowest BCUT2D eigenvalue weighted by Gasteiger charge is -2.08. The van der Waals surface area contributed by atoms with E-state index in [0.29, 0.717) is 16.1 Å². The van der Waals surface area contributed by atoms with E-state index in [1.54, 1.807) is 23.9 Å². The van der Waals surface area contributed by atoms with Crippen molar-refractivity contribution in [1.82, 2.24) is 10.9 Å². The second-order valence-electron chi connectivity index (χ2n) is 5.89. The zero-order chi connectivity index (χ0) is 19.9. The molecule has 0 unspecified atom stereocenters. The first-order chi connectivity index (χ1) is 13.5. The third kappa shape index (κ3) is 5.52. The maximum Gasteiger partial charge on any atom is 0.269 e. The number of hydrazine groups is 1. The van der Waals surface area contributed by atoms with Gasteiger partial charge in [-0.2, -0.15) is 0 Å². The summed E-state index contributed by atoms with van der Waals surface area (Å²) in [5.74, 6) is -0.0514. The van der Waals surface area contributed by atoms with Gasteiger partial charge in [-0.05, 0) is 66.2 Å². The number of phenolic OH excluding ortho intramolecular Hbond substituents is 1. The highest BCUT2D eigenvalue weighted by Gasteiger charge is 2.09. The number of phenols is 1. The maximum atomic E-state index is 12.2. The van der Waals surface area contributed by atoms with Crippen LogP contribution in [0.2, 0.25) is 5.02 Å². The smallest absolute Gasteiger partial charge is 0.269 e. The maximum absolute atomic E-state index is 12.2. The second kappa shape index (κ2) is 9.30. The Morgan fingerprint density at radius 1 is 0.786 bits per heavy atom. The molecule has 0 aromatic heterocycles. The molecule has 7 heteroatoms. The molecule has 0 bridgehead atoms. The molecule has 5 nitrogen and oxygen atoms in total. The van der Waals surface area contributed by atoms with Crippen LogP contribution in [-0.2, 0) is 5.75 Å². The molecule has 0 fully saturated rings. The van der Waals surface area contributed by atoms with Crippen molar-refractivity contribution in [2.24, 2.45) is 0 Å². The fraction of sp³-hybridized carbons (Fsp3) is 0.0476. The van der Waals surface area contributed by atoms with Crippen molar-refractivity contribution < 1.29 is 14.7 Å². The van der Waals surface area contributed by atoms with Gasteiger partial charge in [0, 0.05) is 26.8 Å². The number of carbonyl (C=O) groups is 2.